The summed E-state index contributed by atoms with van der Waals surface area (Å²) in [6.07, 6.45) is 1.37. The van der Waals surface area contributed by atoms with Gasteiger partial charge in [-0.1, -0.05) is 66.7 Å². The van der Waals surface area contributed by atoms with Crippen LogP contribution >= 0.6 is 0 Å². The third kappa shape index (κ3) is 6.49. The van der Waals surface area contributed by atoms with E-state index < -0.39 is 18.0 Å². The standard InChI is InChI=1S/C38H34N8O4/c1-44-34-14-8-13-30(31(34)22-40-44)36-41-33(37(47)42-32-20-28(49-2)19-26-11-6-7-12-29(26)32)21-35(43-36)45-17-18-46(27(23-45)15-16-39)38(48)50-24-25-9-4-3-5-10-25/h3-14,19-22,27H,15,17-18,23-24H2,1-2H3,(H,42,47)/t27-/m0/s1. The predicted octanol–water partition coefficient (Wildman–Crippen LogP) is 6.19. The quantitative estimate of drug-likeness (QED) is 0.202. The number of piperazine rings is 1. The number of hydrogen-bond acceptors (Lipinski definition) is 9. The van der Waals surface area contributed by atoms with E-state index in [1.54, 1.807) is 35.0 Å². The lowest BCUT2D eigenvalue weighted by Crippen LogP contribution is -2.55. The Morgan fingerprint density at radius 2 is 1.78 bits per heavy atom. The van der Waals surface area contributed by atoms with Crippen LogP contribution in [0.15, 0.2) is 97.2 Å². The molecule has 1 atom stereocenters. The first-order valence-electron chi connectivity index (χ1n) is 16.2. The zero-order valence-corrected chi connectivity index (χ0v) is 27.6. The van der Waals surface area contributed by atoms with Crippen molar-refractivity contribution in [1.29, 1.82) is 5.26 Å². The van der Waals surface area contributed by atoms with Gasteiger partial charge in [0.05, 0.1) is 43.0 Å². The number of nitrogens with one attached hydrogen (secondary N) is 1. The number of nitriles is 1. The summed E-state index contributed by atoms with van der Waals surface area (Å²) < 4.78 is 12.9. The molecule has 3 heterocycles. The fourth-order valence-electron chi connectivity index (χ4n) is 6.28. The number of methoxy groups -OCH3 is 1. The number of anilines is 2. The average molecular weight is 667 g/mol. The van der Waals surface area contributed by atoms with Gasteiger partial charge in [-0.3, -0.25) is 9.48 Å². The number of rotatable bonds is 8. The molecule has 7 rings (SSSR count). The van der Waals surface area contributed by atoms with Crippen molar-refractivity contribution >= 4 is 45.2 Å². The maximum atomic E-state index is 14.1. The Morgan fingerprint density at radius 3 is 2.60 bits per heavy atom. The molecular formula is C38H34N8O4. The second kappa shape index (κ2) is 13.9. The number of aryl methyl sites for hydroxylation is 1. The number of nitrogens with zero attached hydrogens (tertiary/aromatic N) is 7. The molecular weight excluding hydrogens is 632 g/mol. The Labute approximate surface area is 288 Å². The minimum Gasteiger partial charge on any atom is -0.497 e. The summed E-state index contributed by atoms with van der Waals surface area (Å²) >= 11 is 0. The van der Waals surface area contributed by atoms with Gasteiger partial charge in [0.25, 0.3) is 5.91 Å². The van der Waals surface area contributed by atoms with Crippen molar-refractivity contribution in [2.75, 3.05) is 37.0 Å². The summed E-state index contributed by atoms with van der Waals surface area (Å²) in [6, 6.07) is 30.0. The molecule has 12 nitrogen and oxygen atoms in total. The number of benzene rings is 4. The molecule has 1 N–H and O–H groups in total. The van der Waals surface area contributed by atoms with Crippen LogP contribution in [0.3, 0.4) is 0 Å². The normalized spacial score (nSPS) is 14.4. The van der Waals surface area contributed by atoms with Crippen molar-refractivity contribution in [1.82, 2.24) is 24.6 Å². The largest absolute Gasteiger partial charge is 0.497 e. The molecule has 0 spiro atoms. The molecule has 4 aromatic carbocycles. The van der Waals surface area contributed by atoms with Gasteiger partial charge in [0, 0.05) is 55.2 Å². The lowest BCUT2D eigenvalue weighted by molar-refractivity contribution is 0.0768. The Balaban J connectivity index is 1.23. The number of carbonyl (C=O) groups excluding carboxylic acids is 2. The number of carbonyl (C=O) groups is 2. The Kier molecular flexibility index (Phi) is 8.94. The fraction of sp³-hybridized carbons (Fsp3) is 0.211. The van der Waals surface area contributed by atoms with Gasteiger partial charge < -0.3 is 24.6 Å². The molecule has 250 valence electrons. The van der Waals surface area contributed by atoms with Crippen LogP contribution in [0.4, 0.5) is 16.3 Å². The van der Waals surface area contributed by atoms with Crippen molar-refractivity contribution < 1.29 is 19.1 Å². The molecule has 12 heteroatoms. The summed E-state index contributed by atoms with van der Waals surface area (Å²) in [6.45, 7) is 1.14. The third-order valence-electron chi connectivity index (χ3n) is 8.87. The minimum absolute atomic E-state index is 0.0973. The fourth-order valence-corrected chi connectivity index (χ4v) is 6.28. The summed E-state index contributed by atoms with van der Waals surface area (Å²) in [5.74, 6) is 1.03. The molecule has 50 heavy (non-hydrogen) atoms. The second-order valence-corrected chi connectivity index (χ2v) is 12.0. The highest BCUT2D eigenvalue weighted by Crippen LogP contribution is 2.32. The summed E-state index contributed by atoms with van der Waals surface area (Å²) in [5.41, 5.74) is 3.22. The van der Waals surface area contributed by atoms with Gasteiger partial charge in [0.15, 0.2) is 5.82 Å². The molecule has 0 radical (unpaired) electrons. The van der Waals surface area contributed by atoms with Crippen LogP contribution in [-0.4, -0.2) is 69.4 Å². The van der Waals surface area contributed by atoms with Crippen molar-refractivity contribution in [2.45, 2.75) is 19.1 Å². The number of ether oxygens (including phenoxy) is 2. The van der Waals surface area contributed by atoms with E-state index in [0.717, 1.165) is 32.8 Å². The third-order valence-corrected chi connectivity index (χ3v) is 8.87. The van der Waals surface area contributed by atoms with E-state index in [2.05, 4.69) is 16.5 Å². The van der Waals surface area contributed by atoms with Crippen LogP contribution in [0.25, 0.3) is 33.1 Å². The van der Waals surface area contributed by atoms with Gasteiger partial charge in [-0.05, 0) is 23.1 Å². The summed E-state index contributed by atoms with van der Waals surface area (Å²) in [5, 5.41) is 19.8. The van der Waals surface area contributed by atoms with E-state index in [9.17, 15) is 14.9 Å². The molecule has 0 unspecified atom stereocenters. The first kappa shape index (κ1) is 32.1. The second-order valence-electron chi connectivity index (χ2n) is 12.0. The Bertz CT molecular complexity index is 2250. The van der Waals surface area contributed by atoms with Crippen molar-refractivity contribution in [3.8, 4) is 23.2 Å². The van der Waals surface area contributed by atoms with Crippen molar-refractivity contribution in [2.24, 2.45) is 7.05 Å². The molecule has 1 saturated heterocycles. The summed E-state index contributed by atoms with van der Waals surface area (Å²) in [4.78, 5) is 40.6. The molecule has 2 amide bonds. The first-order chi connectivity index (χ1) is 24.4. The molecule has 1 aliphatic heterocycles. The molecule has 6 aromatic rings. The van der Waals surface area contributed by atoms with Crippen molar-refractivity contribution in [3.63, 3.8) is 0 Å². The van der Waals surface area contributed by atoms with Crippen LogP contribution < -0.4 is 15.0 Å². The van der Waals surface area contributed by atoms with Gasteiger partial charge in [0.2, 0.25) is 0 Å². The number of aromatic nitrogens is 4. The average Bonchev–Trinajstić information content (AvgIpc) is 3.54. The van der Waals surface area contributed by atoms with E-state index in [0.29, 0.717) is 42.7 Å². The summed E-state index contributed by atoms with van der Waals surface area (Å²) in [7, 11) is 3.44. The van der Waals surface area contributed by atoms with Crippen LogP contribution in [-0.2, 0) is 18.4 Å². The van der Waals surface area contributed by atoms with E-state index in [4.69, 9.17) is 19.4 Å². The molecule has 0 aliphatic carbocycles. The van der Waals surface area contributed by atoms with Gasteiger partial charge >= 0.3 is 6.09 Å². The Hall–Kier alpha value is -6.48. The topological polar surface area (TPSA) is 138 Å². The van der Waals surface area contributed by atoms with Gasteiger partial charge in [-0.25, -0.2) is 14.8 Å². The van der Waals surface area contributed by atoms with Crippen LogP contribution in [0.2, 0.25) is 0 Å². The van der Waals surface area contributed by atoms with Crippen molar-refractivity contribution in [3.05, 3.63) is 108 Å². The zero-order chi connectivity index (χ0) is 34.6. The van der Waals surface area contributed by atoms with Crippen LogP contribution in [0.5, 0.6) is 5.75 Å². The van der Waals surface area contributed by atoms with Crippen LogP contribution in [0.1, 0.15) is 22.5 Å². The first-order valence-corrected chi connectivity index (χ1v) is 16.2. The maximum absolute atomic E-state index is 14.1. The smallest absolute Gasteiger partial charge is 0.410 e. The lowest BCUT2D eigenvalue weighted by Gasteiger charge is -2.40. The Morgan fingerprint density at radius 1 is 0.960 bits per heavy atom. The molecule has 1 aliphatic rings. The van der Waals surface area contributed by atoms with Crippen LogP contribution in [0, 0.1) is 11.3 Å². The number of fused-ring (bicyclic) bond motifs is 2. The van der Waals surface area contributed by atoms with E-state index in [1.165, 1.54) is 0 Å². The highest BCUT2D eigenvalue weighted by Gasteiger charge is 2.33. The van der Waals surface area contributed by atoms with Gasteiger partial charge in [0.1, 0.15) is 23.9 Å². The highest BCUT2D eigenvalue weighted by molar-refractivity contribution is 6.09. The predicted molar refractivity (Wildman–Crippen MR) is 190 cm³/mol. The number of amides is 2. The molecule has 2 aromatic heterocycles. The molecule has 1 fully saturated rings. The zero-order valence-electron chi connectivity index (χ0n) is 27.6. The highest BCUT2D eigenvalue weighted by atomic mass is 16.6. The van der Waals surface area contributed by atoms with Gasteiger partial charge in [-0.15, -0.1) is 0 Å². The van der Waals surface area contributed by atoms with Gasteiger partial charge in [-0.2, -0.15) is 10.4 Å². The lowest BCUT2D eigenvalue weighted by atomic mass is 10.1. The maximum Gasteiger partial charge on any atom is 0.410 e. The molecule has 0 saturated carbocycles. The number of hydrogen-bond donors (Lipinski definition) is 1. The minimum atomic E-state index is -0.481. The SMILES string of the molecule is COc1cc(NC(=O)c2cc(N3CCN(C(=O)OCc4ccccc4)[C@@H](CC#N)C3)nc(-c3cccc4c3cnn4C)n2)c2ccccc2c1. The van der Waals surface area contributed by atoms with E-state index in [-0.39, 0.29) is 18.7 Å². The monoisotopic (exact) mass is 666 g/mol. The van der Waals surface area contributed by atoms with E-state index in [1.807, 2.05) is 90.8 Å². The van der Waals surface area contributed by atoms with E-state index >= 15 is 0 Å². The molecule has 0 bridgehead atoms.